The van der Waals surface area contributed by atoms with E-state index in [1.807, 2.05) is 6.92 Å². The highest BCUT2D eigenvalue weighted by molar-refractivity contribution is 6.38. The molecule has 4 nitrogen and oxygen atoms in total. The summed E-state index contributed by atoms with van der Waals surface area (Å²) < 4.78 is 0. The molecule has 0 saturated heterocycles. The number of hydrogen-bond donors (Lipinski definition) is 1. The molecule has 0 aliphatic heterocycles. The molecule has 0 bridgehead atoms. The van der Waals surface area contributed by atoms with Crippen LogP contribution in [0.4, 0.5) is 0 Å². The highest BCUT2D eigenvalue weighted by Gasteiger charge is 2.30. The first-order chi connectivity index (χ1) is 7.97. The van der Waals surface area contributed by atoms with Crippen LogP contribution in [0.5, 0.6) is 0 Å². The van der Waals surface area contributed by atoms with E-state index >= 15 is 0 Å². The molecule has 0 amide bonds. The third-order valence-electron chi connectivity index (χ3n) is 2.59. The van der Waals surface area contributed by atoms with Gasteiger partial charge in [0.05, 0.1) is 5.92 Å². The van der Waals surface area contributed by atoms with Gasteiger partial charge in [0.25, 0.3) is 5.78 Å². The van der Waals surface area contributed by atoms with Crippen molar-refractivity contribution >= 4 is 17.5 Å². The van der Waals surface area contributed by atoms with Crippen molar-refractivity contribution in [1.82, 2.24) is 0 Å². The molecule has 0 aromatic heterocycles. The first-order valence-electron chi connectivity index (χ1n) is 5.35. The van der Waals surface area contributed by atoms with Gasteiger partial charge in [-0.25, -0.2) is 4.79 Å². The number of carbonyl (C=O) groups excluding carboxylic acids is 2. The van der Waals surface area contributed by atoms with Crippen LogP contribution in [0.2, 0.25) is 0 Å². The molecule has 0 saturated carbocycles. The van der Waals surface area contributed by atoms with Gasteiger partial charge in [-0.15, -0.1) is 0 Å². The Morgan fingerprint density at radius 3 is 2.12 bits per heavy atom. The van der Waals surface area contributed by atoms with Gasteiger partial charge in [0, 0.05) is 5.56 Å². The van der Waals surface area contributed by atoms with Crippen molar-refractivity contribution < 1.29 is 19.5 Å². The molecule has 0 aliphatic rings. The standard InChI is InChI=1S/C13H14O4/c1-3-10(12(15)13(16)17)11(14)9-6-4-8(2)5-7-9/h4-7,10H,3H2,1-2H3,(H,16,17). The first kappa shape index (κ1) is 13.1. The third-order valence-corrected chi connectivity index (χ3v) is 2.59. The van der Waals surface area contributed by atoms with Gasteiger partial charge in [-0.2, -0.15) is 0 Å². The van der Waals surface area contributed by atoms with Crippen LogP contribution in [-0.4, -0.2) is 22.6 Å². The molecule has 1 aromatic carbocycles. The molecule has 1 N–H and O–H groups in total. The lowest BCUT2D eigenvalue weighted by molar-refractivity contribution is -0.150. The summed E-state index contributed by atoms with van der Waals surface area (Å²) in [5.41, 5.74) is 1.37. The van der Waals surface area contributed by atoms with Gasteiger partial charge in [0.15, 0.2) is 5.78 Å². The highest BCUT2D eigenvalue weighted by Crippen LogP contribution is 2.14. The van der Waals surface area contributed by atoms with Crippen LogP contribution >= 0.6 is 0 Å². The van der Waals surface area contributed by atoms with Crippen molar-refractivity contribution in [2.45, 2.75) is 20.3 Å². The van der Waals surface area contributed by atoms with Gasteiger partial charge < -0.3 is 5.11 Å². The van der Waals surface area contributed by atoms with E-state index < -0.39 is 23.5 Å². The van der Waals surface area contributed by atoms with Gasteiger partial charge in [-0.3, -0.25) is 9.59 Å². The third kappa shape index (κ3) is 3.00. The fraction of sp³-hybridized carbons (Fsp3) is 0.308. The number of carboxylic acid groups (broad SMARTS) is 1. The van der Waals surface area contributed by atoms with Crippen molar-refractivity contribution in [3.8, 4) is 0 Å². The number of carboxylic acids is 1. The van der Waals surface area contributed by atoms with E-state index in [1.54, 1.807) is 31.2 Å². The van der Waals surface area contributed by atoms with E-state index in [0.29, 0.717) is 5.56 Å². The summed E-state index contributed by atoms with van der Waals surface area (Å²) in [6.45, 7) is 3.51. The number of rotatable bonds is 5. The Bertz CT molecular complexity index is 445. The van der Waals surface area contributed by atoms with Crippen molar-refractivity contribution in [3.05, 3.63) is 35.4 Å². The van der Waals surface area contributed by atoms with Crippen LogP contribution in [-0.2, 0) is 9.59 Å². The minimum atomic E-state index is -1.56. The molecule has 4 heteroatoms. The Morgan fingerprint density at radius 2 is 1.71 bits per heavy atom. The number of carbonyl (C=O) groups is 3. The molecule has 1 unspecified atom stereocenters. The molecule has 0 spiro atoms. The van der Waals surface area contributed by atoms with E-state index in [2.05, 4.69) is 0 Å². The zero-order chi connectivity index (χ0) is 13.0. The predicted octanol–water partition coefficient (Wildman–Crippen LogP) is 1.86. The minimum Gasteiger partial charge on any atom is -0.475 e. The summed E-state index contributed by atoms with van der Waals surface area (Å²) >= 11 is 0. The van der Waals surface area contributed by atoms with Gasteiger partial charge in [-0.1, -0.05) is 36.8 Å². The quantitative estimate of drug-likeness (QED) is 0.479. The monoisotopic (exact) mass is 234 g/mol. The zero-order valence-electron chi connectivity index (χ0n) is 9.77. The number of aryl methyl sites for hydroxylation is 1. The maximum Gasteiger partial charge on any atom is 0.372 e. The number of ketones is 2. The minimum absolute atomic E-state index is 0.192. The van der Waals surface area contributed by atoms with Crippen molar-refractivity contribution in [1.29, 1.82) is 0 Å². The maximum absolute atomic E-state index is 11.9. The van der Waals surface area contributed by atoms with E-state index in [4.69, 9.17) is 5.11 Å². The van der Waals surface area contributed by atoms with E-state index in [1.165, 1.54) is 0 Å². The van der Waals surface area contributed by atoms with Crippen LogP contribution in [0.15, 0.2) is 24.3 Å². The SMILES string of the molecule is CCC(C(=O)C(=O)O)C(=O)c1ccc(C)cc1. The number of hydrogen-bond acceptors (Lipinski definition) is 3. The highest BCUT2D eigenvalue weighted by atomic mass is 16.4. The second-order valence-electron chi connectivity index (χ2n) is 3.86. The first-order valence-corrected chi connectivity index (χ1v) is 5.35. The van der Waals surface area contributed by atoms with Crippen molar-refractivity contribution in [2.75, 3.05) is 0 Å². The Balaban J connectivity index is 2.98. The molecular weight excluding hydrogens is 220 g/mol. The Kier molecular flexibility index (Phi) is 4.15. The Hall–Kier alpha value is -1.97. The van der Waals surface area contributed by atoms with Crippen LogP contribution in [0.3, 0.4) is 0 Å². The summed E-state index contributed by atoms with van der Waals surface area (Å²) in [6.07, 6.45) is 0.192. The summed E-state index contributed by atoms with van der Waals surface area (Å²) in [5, 5.41) is 8.62. The molecule has 1 atom stereocenters. The van der Waals surface area contributed by atoms with Gasteiger partial charge in [0.1, 0.15) is 0 Å². The normalized spacial score (nSPS) is 11.9. The van der Waals surface area contributed by atoms with E-state index in [9.17, 15) is 14.4 Å². The van der Waals surface area contributed by atoms with E-state index in [0.717, 1.165) is 5.56 Å². The number of benzene rings is 1. The summed E-state index contributed by atoms with van der Waals surface area (Å²) in [7, 11) is 0. The maximum atomic E-state index is 11.9. The van der Waals surface area contributed by atoms with Crippen molar-refractivity contribution in [2.24, 2.45) is 5.92 Å². The smallest absolute Gasteiger partial charge is 0.372 e. The average Bonchev–Trinajstić information content (AvgIpc) is 2.30. The van der Waals surface area contributed by atoms with Crippen LogP contribution in [0, 0.1) is 12.8 Å². The summed E-state index contributed by atoms with van der Waals surface area (Å²) in [6, 6.07) is 6.72. The molecule has 0 radical (unpaired) electrons. The number of aliphatic carboxylic acids is 1. The lowest BCUT2D eigenvalue weighted by atomic mass is 9.91. The van der Waals surface area contributed by atoms with E-state index in [-0.39, 0.29) is 6.42 Å². The molecular formula is C13H14O4. The van der Waals surface area contributed by atoms with Crippen LogP contribution < -0.4 is 0 Å². The van der Waals surface area contributed by atoms with Gasteiger partial charge in [0.2, 0.25) is 0 Å². The molecule has 17 heavy (non-hydrogen) atoms. The second kappa shape index (κ2) is 5.39. The molecule has 0 fully saturated rings. The summed E-state index contributed by atoms with van der Waals surface area (Å²) in [4.78, 5) is 33.9. The fourth-order valence-electron chi connectivity index (χ4n) is 1.56. The lowest BCUT2D eigenvalue weighted by Crippen LogP contribution is -2.29. The molecule has 1 rings (SSSR count). The summed E-state index contributed by atoms with van der Waals surface area (Å²) in [5.74, 6) is -4.12. The van der Waals surface area contributed by atoms with Gasteiger partial charge >= 0.3 is 5.97 Å². The Labute approximate surface area is 99.3 Å². The lowest BCUT2D eigenvalue weighted by Gasteiger charge is -2.10. The Morgan fingerprint density at radius 1 is 1.18 bits per heavy atom. The second-order valence-corrected chi connectivity index (χ2v) is 3.86. The molecule has 90 valence electrons. The molecule has 0 heterocycles. The average molecular weight is 234 g/mol. The topological polar surface area (TPSA) is 71.4 Å². The largest absolute Gasteiger partial charge is 0.475 e. The van der Waals surface area contributed by atoms with Gasteiger partial charge in [-0.05, 0) is 13.3 Å². The number of Topliss-reactive ketones (excluding diaryl/α,β-unsaturated/α-hetero) is 2. The van der Waals surface area contributed by atoms with Crippen LogP contribution in [0.1, 0.15) is 29.3 Å². The predicted molar refractivity (Wildman–Crippen MR) is 61.9 cm³/mol. The van der Waals surface area contributed by atoms with Crippen molar-refractivity contribution in [3.63, 3.8) is 0 Å². The molecule has 1 aromatic rings. The van der Waals surface area contributed by atoms with Crippen LogP contribution in [0.25, 0.3) is 0 Å². The zero-order valence-corrected chi connectivity index (χ0v) is 9.77. The fourth-order valence-corrected chi connectivity index (χ4v) is 1.56. The molecule has 0 aliphatic carbocycles.